The Morgan fingerprint density at radius 1 is 1.71 bits per heavy atom. The Morgan fingerprint density at radius 2 is 2.59 bits per heavy atom. The Kier molecular flexibility index (Phi) is 3.98. The number of amides is 1. The molecule has 1 aromatic rings. The van der Waals surface area contributed by atoms with Crippen molar-refractivity contribution in [3.8, 4) is 0 Å². The second-order valence-corrected chi connectivity index (χ2v) is 4.27. The summed E-state index contributed by atoms with van der Waals surface area (Å²) in [5, 5.41) is 13.4. The minimum Gasteiger partial charge on any atom is -0.381 e. The van der Waals surface area contributed by atoms with Gasteiger partial charge in [-0.15, -0.1) is 0 Å². The van der Waals surface area contributed by atoms with Crippen LogP contribution in [-0.4, -0.2) is 41.9 Å². The Bertz CT molecular complexity index is 370. The summed E-state index contributed by atoms with van der Waals surface area (Å²) in [7, 11) is 1.62. The van der Waals surface area contributed by atoms with Gasteiger partial charge in [0.25, 0.3) is 0 Å². The average molecular weight is 237 g/mol. The molecular weight excluding hydrogens is 218 g/mol. The Morgan fingerprint density at radius 3 is 3.29 bits per heavy atom. The van der Waals surface area contributed by atoms with E-state index in [-0.39, 0.29) is 12.5 Å². The SMILES string of the molecule is CNC(=O)Cn1cc(NCC2CCCN2)cn1. The molecule has 6 heteroatoms. The van der Waals surface area contributed by atoms with Gasteiger partial charge >= 0.3 is 0 Å². The topological polar surface area (TPSA) is 71.0 Å². The van der Waals surface area contributed by atoms with Gasteiger partial charge in [0.1, 0.15) is 6.54 Å². The summed E-state index contributed by atoms with van der Waals surface area (Å²) in [6.45, 7) is 2.29. The van der Waals surface area contributed by atoms with Gasteiger partial charge in [0.05, 0.1) is 11.9 Å². The molecule has 1 amide bonds. The minimum absolute atomic E-state index is 0.0443. The first kappa shape index (κ1) is 11.9. The van der Waals surface area contributed by atoms with E-state index in [1.165, 1.54) is 12.8 Å². The number of hydrogen-bond acceptors (Lipinski definition) is 4. The van der Waals surface area contributed by atoms with Gasteiger partial charge in [0.2, 0.25) is 5.91 Å². The normalized spacial score (nSPS) is 19.2. The molecule has 1 aliphatic rings. The fourth-order valence-electron chi connectivity index (χ4n) is 1.94. The maximum Gasteiger partial charge on any atom is 0.241 e. The molecule has 2 heterocycles. The second-order valence-electron chi connectivity index (χ2n) is 4.27. The summed E-state index contributed by atoms with van der Waals surface area (Å²) in [5.41, 5.74) is 0.961. The van der Waals surface area contributed by atoms with E-state index in [0.29, 0.717) is 6.04 Å². The third kappa shape index (κ3) is 3.45. The first-order valence-electron chi connectivity index (χ1n) is 5.98. The number of hydrogen-bond donors (Lipinski definition) is 3. The van der Waals surface area contributed by atoms with E-state index in [1.807, 2.05) is 6.20 Å². The van der Waals surface area contributed by atoms with Crippen molar-refractivity contribution in [2.75, 3.05) is 25.5 Å². The first-order chi connectivity index (χ1) is 8.28. The van der Waals surface area contributed by atoms with Crippen molar-refractivity contribution < 1.29 is 4.79 Å². The first-order valence-corrected chi connectivity index (χ1v) is 5.98. The summed E-state index contributed by atoms with van der Waals surface area (Å²) < 4.78 is 1.63. The van der Waals surface area contributed by atoms with Crippen LogP contribution in [0.5, 0.6) is 0 Å². The number of aromatic nitrogens is 2. The van der Waals surface area contributed by atoms with Crippen molar-refractivity contribution in [2.24, 2.45) is 0 Å². The molecule has 1 fully saturated rings. The number of carbonyl (C=O) groups excluding carboxylic acids is 1. The third-order valence-electron chi connectivity index (χ3n) is 2.93. The number of nitrogens with zero attached hydrogens (tertiary/aromatic N) is 2. The number of anilines is 1. The summed E-state index contributed by atoms with van der Waals surface area (Å²) in [6.07, 6.45) is 6.07. The highest BCUT2D eigenvalue weighted by molar-refractivity contribution is 5.75. The highest BCUT2D eigenvalue weighted by Crippen LogP contribution is 2.08. The smallest absolute Gasteiger partial charge is 0.241 e. The standard InChI is InChI=1S/C11H19N5O/c1-12-11(17)8-16-7-10(6-15-16)14-5-9-3-2-4-13-9/h6-7,9,13-14H,2-5,8H2,1H3,(H,12,17). The molecule has 1 aromatic heterocycles. The molecule has 17 heavy (non-hydrogen) atoms. The van der Waals surface area contributed by atoms with Gasteiger partial charge in [-0.3, -0.25) is 9.48 Å². The fraction of sp³-hybridized carbons (Fsp3) is 0.636. The van der Waals surface area contributed by atoms with Crippen LogP contribution >= 0.6 is 0 Å². The number of rotatable bonds is 5. The summed E-state index contributed by atoms with van der Waals surface area (Å²) in [5.74, 6) is -0.0443. The molecule has 94 valence electrons. The predicted octanol–water partition coefficient (Wildman–Crippen LogP) is -0.207. The largest absolute Gasteiger partial charge is 0.381 e. The van der Waals surface area contributed by atoms with E-state index in [4.69, 9.17) is 0 Å². The van der Waals surface area contributed by atoms with Crippen LogP contribution in [-0.2, 0) is 11.3 Å². The second kappa shape index (κ2) is 5.67. The summed E-state index contributed by atoms with van der Waals surface area (Å²) in [6, 6.07) is 0.553. The molecule has 1 atom stereocenters. The van der Waals surface area contributed by atoms with E-state index in [9.17, 15) is 4.79 Å². The molecule has 0 radical (unpaired) electrons. The minimum atomic E-state index is -0.0443. The maximum absolute atomic E-state index is 11.2. The van der Waals surface area contributed by atoms with Crippen LogP contribution in [0, 0.1) is 0 Å². The zero-order chi connectivity index (χ0) is 12.1. The van der Waals surface area contributed by atoms with Gasteiger partial charge in [-0.05, 0) is 19.4 Å². The zero-order valence-corrected chi connectivity index (χ0v) is 10.1. The lowest BCUT2D eigenvalue weighted by molar-refractivity contribution is -0.121. The molecule has 1 unspecified atom stereocenters. The molecule has 0 saturated carbocycles. The van der Waals surface area contributed by atoms with Gasteiger partial charge < -0.3 is 16.0 Å². The average Bonchev–Trinajstić information content (AvgIpc) is 2.97. The van der Waals surface area contributed by atoms with Crippen molar-refractivity contribution >= 4 is 11.6 Å². The van der Waals surface area contributed by atoms with Crippen molar-refractivity contribution in [2.45, 2.75) is 25.4 Å². The monoisotopic (exact) mass is 237 g/mol. The fourth-order valence-corrected chi connectivity index (χ4v) is 1.94. The molecule has 1 saturated heterocycles. The van der Waals surface area contributed by atoms with Gasteiger partial charge in [-0.2, -0.15) is 5.10 Å². The van der Waals surface area contributed by atoms with Crippen molar-refractivity contribution in [3.05, 3.63) is 12.4 Å². The van der Waals surface area contributed by atoms with Crippen LogP contribution in [0.1, 0.15) is 12.8 Å². The molecule has 0 spiro atoms. The molecule has 3 N–H and O–H groups in total. The van der Waals surface area contributed by atoms with Crippen molar-refractivity contribution in [3.63, 3.8) is 0 Å². The molecule has 0 aliphatic carbocycles. The van der Waals surface area contributed by atoms with Crippen LogP contribution in [0.4, 0.5) is 5.69 Å². The number of nitrogens with one attached hydrogen (secondary N) is 3. The van der Waals surface area contributed by atoms with Crippen LogP contribution in [0.15, 0.2) is 12.4 Å². The maximum atomic E-state index is 11.2. The van der Waals surface area contributed by atoms with E-state index < -0.39 is 0 Å². The molecule has 0 aromatic carbocycles. The summed E-state index contributed by atoms with van der Waals surface area (Å²) >= 11 is 0. The van der Waals surface area contributed by atoms with Gasteiger partial charge in [-0.25, -0.2) is 0 Å². The van der Waals surface area contributed by atoms with E-state index >= 15 is 0 Å². The lowest BCUT2D eigenvalue weighted by atomic mass is 10.2. The molecule has 2 rings (SSSR count). The summed E-state index contributed by atoms with van der Waals surface area (Å²) in [4.78, 5) is 11.2. The van der Waals surface area contributed by atoms with Crippen molar-refractivity contribution in [1.82, 2.24) is 20.4 Å². The zero-order valence-electron chi connectivity index (χ0n) is 10.1. The van der Waals surface area contributed by atoms with E-state index in [0.717, 1.165) is 18.8 Å². The lowest BCUT2D eigenvalue weighted by Gasteiger charge is -2.10. The number of likely N-dealkylation sites (N-methyl/N-ethyl adjacent to an activating group) is 1. The highest BCUT2D eigenvalue weighted by atomic mass is 16.1. The van der Waals surface area contributed by atoms with Crippen LogP contribution in [0.25, 0.3) is 0 Å². The molecule has 6 nitrogen and oxygen atoms in total. The van der Waals surface area contributed by atoms with Crippen molar-refractivity contribution in [1.29, 1.82) is 0 Å². The van der Waals surface area contributed by atoms with Gasteiger partial charge in [0.15, 0.2) is 0 Å². The lowest BCUT2D eigenvalue weighted by Crippen LogP contribution is -2.29. The van der Waals surface area contributed by atoms with Gasteiger partial charge in [0, 0.05) is 25.8 Å². The molecular formula is C11H19N5O. The quantitative estimate of drug-likeness (QED) is 0.663. The van der Waals surface area contributed by atoms with E-state index in [2.05, 4.69) is 21.0 Å². The van der Waals surface area contributed by atoms with Crippen LogP contribution in [0.2, 0.25) is 0 Å². The molecule has 1 aliphatic heterocycles. The molecule has 0 bridgehead atoms. The highest BCUT2D eigenvalue weighted by Gasteiger charge is 2.13. The predicted molar refractivity (Wildman–Crippen MR) is 65.8 cm³/mol. The van der Waals surface area contributed by atoms with Gasteiger partial charge in [-0.1, -0.05) is 0 Å². The van der Waals surface area contributed by atoms with Crippen LogP contribution in [0.3, 0.4) is 0 Å². The Hall–Kier alpha value is -1.56. The Labute approximate surface area is 101 Å². The third-order valence-corrected chi connectivity index (χ3v) is 2.93. The number of carbonyl (C=O) groups is 1. The van der Waals surface area contributed by atoms with E-state index in [1.54, 1.807) is 17.9 Å². The Balaban J connectivity index is 1.79. The van der Waals surface area contributed by atoms with Crippen LogP contribution < -0.4 is 16.0 Å².